The molecule has 0 aliphatic rings. The Kier molecular flexibility index (Phi) is 3.16. The highest BCUT2D eigenvalue weighted by atomic mass is 28.3. The van der Waals surface area contributed by atoms with Gasteiger partial charge < -0.3 is 5.32 Å². The van der Waals surface area contributed by atoms with Gasteiger partial charge >= 0.3 is 6.03 Å². The largest absolute Gasteiger partial charge is 0.338 e. The summed E-state index contributed by atoms with van der Waals surface area (Å²) in [4.78, 5) is 11.6. The molecule has 14 heavy (non-hydrogen) atoms. The maximum absolute atomic E-state index is 11.6. The first kappa shape index (κ1) is 11.0. The average molecular weight is 210 g/mol. The lowest BCUT2D eigenvalue weighted by atomic mass is 10.7. The molecule has 4 heteroatoms. The molecule has 1 aromatic heterocycles. The quantitative estimate of drug-likeness (QED) is 0.739. The minimum atomic E-state index is -1.42. The molecule has 0 saturated carbocycles. The SMILES string of the molecule is CCNC(=O)n1cccc1[Si](C)(C)C. The molecule has 0 radical (unpaired) electrons. The van der Waals surface area contributed by atoms with Crippen LogP contribution in [-0.2, 0) is 0 Å². The van der Waals surface area contributed by atoms with E-state index in [2.05, 4.69) is 25.0 Å². The molecule has 1 amide bonds. The van der Waals surface area contributed by atoms with Crippen LogP contribution in [0.15, 0.2) is 18.3 Å². The lowest BCUT2D eigenvalue weighted by Crippen LogP contribution is -2.46. The molecule has 0 spiro atoms. The molecular weight excluding hydrogens is 192 g/mol. The number of nitrogens with zero attached hydrogens (tertiary/aromatic N) is 1. The highest BCUT2D eigenvalue weighted by molar-refractivity contribution is 6.88. The van der Waals surface area contributed by atoms with Gasteiger partial charge in [0.1, 0.15) is 0 Å². The van der Waals surface area contributed by atoms with Crippen LogP contribution in [0.4, 0.5) is 4.79 Å². The number of carbonyl (C=O) groups is 1. The number of hydrogen-bond donors (Lipinski definition) is 1. The van der Waals surface area contributed by atoms with E-state index in [4.69, 9.17) is 0 Å². The molecule has 0 bridgehead atoms. The van der Waals surface area contributed by atoms with Crippen molar-refractivity contribution in [3.8, 4) is 0 Å². The predicted octanol–water partition coefficient (Wildman–Crippen LogP) is 1.61. The van der Waals surface area contributed by atoms with Crippen molar-refractivity contribution in [2.45, 2.75) is 26.6 Å². The molecular formula is C10H18N2OSi. The van der Waals surface area contributed by atoms with E-state index >= 15 is 0 Å². The Balaban J connectivity index is 2.99. The van der Waals surface area contributed by atoms with Crippen LogP contribution in [-0.4, -0.2) is 25.2 Å². The van der Waals surface area contributed by atoms with E-state index in [1.807, 2.05) is 25.3 Å². The standard InChI is InChI=1S/C10H18N2OSi/c1-5-11-10(13)12-8-6-7-9(12)14(2,3)4/h6-8H,5H2,1-4H3,(H,11,13). The van der Waals surface area contributed by atoms with E-state index in [0.717, 1.165) is 0 Å². The van der Waals surface area contributed by atoms with Crippen LogP contribution in [0.1, 0.15) is 6.92 Å². The fourth-order valence-corrected chi connectivity index (χ4v) is 2.90. The first-order valence-electron chi connectivity index (χ1n) is 4.93. The predicted molar refractivity (Wildman–Crippen MR) is 61.9 cm³/mol. The maximum Gasteiger partial charge on any atom is 0.325 e. The third kappa shape index (κ3) is 2.26. The van der Waals surface area contributed by atoms with E-state index in [-0.39, 0.29) is 6.03 Å². The first-order chi connectivity index (χ1) is 6.46. The zero-order chi connectivity index (χ0) is 10.8. The minimum Gasteiger partial charge on any atom is -0.338 e. The van der Waals surface area contributed by atoms with Gasteiger partial charge in [-0.25, -0.2) is 4.79 Å². The highest BCUT2D eigenvalue weighted by Crippen LogP contribution is 2.02. The second-order valence-electron chi connectivity index (χ2n) is 4.35. The Bertz CT molecular complexity index is 325. The number of amides is 1. The Hall–Kier alpha value is -1.03. The van der Waals surface area contributed by atoms with E-state index in [9.17, 15) is 4.79 Å². The van der Waals surface area contributed by atoms with Crippen LogP contribution in [0.3, 0.4) is 0 Å². The summed E-state index contributed by atoms with van der Waals surface area (Å²) >= 11 is 0. The zero-order valence-corrected chi connectivity index (χ0v) is 10.3. The summed E-state index contributed by atoms with van der Waals surface area (Å²) in [5, 5.41) is 3.98. The first-order valence-corrected chi connectivity index (χ1v) is 8.43. The van der Waals surface area contributed by atoms with Gasteiger partial charge in [0.25, 0.3) is 0 Å². The van der Waals surface area contributed by atoms with E-state index < -0.39 is 8.07 Å². The fourth-order valence-electron chi connectivity index (χ4n) is 1.41. The van der Waals surface area contributed by atoms with Crippen molar-refractivity contribution in [1.82, 2.24) is 9.88 Å². The van der Waals surface area contributed by atoms with Crippen LogP contribution in [0, 0.1) is 0 Å². The molecule has 0 aromatic carbocycles. The molecule has 78 valence electrons. The van der Waals surface area contributed by atoms with Crippen LogP contribution in [0.5, 0.6) is 0 Å². The molecule has 0 saturated heterocycles. The van der Waals surface area contributed by atoms with E-state index in [0.29, 0.717) is 6.54 Å². The fraction of sp³-hybridized carbons (Fsp3) is 0.500. The summed E-state index contributed by atoms with van der Waals surface area (Å²) < 4.78 is 1.73. The Morgan fingerprint density at radius 1 is 1.50 bits per heavy atom. The number of rotatable bonds is 2. The second-order valence-corrected chi connectivity index (χ2v) is 9.36. The summed E-state index contributed by atoms with van der Waals surface area (Å²) in [7, 11) is -1.42. The smallest absolute Gasteiger partial charge is 0.325 e. The second kappa shape index (κ2) is 4.00. The third-order valence-corrected chi connectivity index (χ3v) is 4.01. The molecule has 0 aliphatic carbocycles. The zero-order valence-electron chi connectivity index (χ0n) is 9.29. The monoisotopic (exact) mass is 210 g/mol. The molecule has 3 nitrogen and oxygen atoms in total. The van der Waals surface area contributed by atoms with Crippen molar-refractivity contribution in [2.75, 3.05) is 6.54 Å². The van der Waals surface area contributed by atoms with Gasteiger partial charge in [0.2, 0.25) is 0 Å². The Morgan fingerprint density at radius 2 is 2.14 bits per heavy atom. The molecule has 1 N–H and O–H groups in total. The van der Waals surface area contributed by atoms with Crippen LogP contribution >= 0.6 is 0 Å². The van der Waals surface area contributed by atoms with Gasteiger partial charge in [0.15, 0.2) is 0 Å². The van der Waals surface area contributed by atoms with E-state index in [1.165, 1.54) is 5.32 Å². The number of nitrogens with one attached hydrogen (secondary N) is 1. The molecule has 0 unspecified atom stereocenters. The number of carbonyl (C=O) groups excluding carboxylic acids is 1. The van der Waals surface area contributed by atoms with Gasteiger partial charge in [-0.3, -0.25) is 4.57 Å². The highest BCUT2D eigenvalue weighted by Gasteiger charge is 2.22. The van der Waals surface area contributed by atoms with Crippen molar-refractivity contribution in [3.63, 3.8) is 0 Å². The lowest BCUT2D eigenvalue weighted by Gasteiger charge is -2.18. The van der Waals surface area contributed by atoms with Crippen LogP contribution in [0.25, 0.3) is 0 Å². The van der Waals surface area contributed by atoms with Crippen molar-refractivity contribution in [2.24, 2.45) is 0 Å². The molecule has 1 heterocycles. The summed E-state index contributed by atoms with van der Waals surface area (Å²) in [5.74, 6) is 0. The topological polar surface area (TPSA) is 34.0 Å². The summed E-state index contributed by atoms with van der Waals surface area (Å²) in [6, 6.07) is 3.96. The van der Waals surface area contributed by atoms with Gasteiger partial charge in [-0.1, -0.05) is 19.6 Å². The minimum absolute atomic E-state index is 0.0186. The normalized spacial score (nSPS) is 11.4. The Labute approximate surface area is 86.1 Å². The summed E-state index contributed by atoms with van der Waals surface area (Å²) in [5.41, 5.74) is 0. The van der Waals surface area contributed by atoms with E-state index in [1.54, 1.807) is 4.57 Å². The van der Waals surface area contributed by atoms with Crippen LogP contribution in [0.2, 0.25) is 19.6 Å². The summed E-state index contributed by atoms with van der Waals surface area (Å²) in [6.07, 6.45) is 1.83. The van der Waals surface area contributed by atoms with Gasteiger partial charge in [-0.15, -0.1) is 0 Å². The van der Waals surface area contributed by atoms with Gasteiger partial charge in [-0.05, 0) is 19.1 Å². The van der Waals surface area contributed by atoms with Crippen molar-refractivity contribution in [1.29, 1.82) is 0 Å². The number of hydrogen-bond acceptors (Lipinski definition) is 1. The Morgan fingerprint density at radius 3 is 2.64 bits per heavy atom. The van der Waals surface area contributed by atoms with Crippen LogP contribution < -0.4 is 10.6 Å². The molecule has 1 aromatic rings. The molecule has 0 fully saturated rings. The average Bonchev–Trinajstić information content (AvgIpc) is 2.50. The van der Waals surface area contributed by atoms with Crippen molar-refractivity contribution < 1.29 is 4.79 Å². The summed E-state index contributed by atoms with van der Waals surface area (Å²) in [6.45, 7) is 9.30. The molecule has 1 rings (SSSR count). The number of aromatic nitrogens is 1. The van der Waals surface area contributed by atoms with Gasteiger partial charge in [-0.2, -0.15) is 0 Å². The van der Waals surface area contributed by atoms with Gasteiger partial charge in [0.05, 0.1) is 8.07 Å². The maximum atomic E-state index is 11.6. The molecule has 0 aliphatic heterocycles. The van der Waals surface area contributed by atoms with Crippen molar-refractivity contribution in [3.05, 3.63) is 18.3 Å². The third-order valence-electron chi connectivity index (χ3n) is 2.06. The van der Waals surface area contributed by atoms with Crippen molar-refractivity contribution >= 4 is 19.4 Å². The lowest BCUT2D eigenvalue weighted by molar-refractivity contribution is 0.243. The van der Waals surface area contributed by atoms with Gasteiger partial charge in [0, 0.05) is 18.1 Å². The molecule has 0 atom stereocenters.